The predicted octanol–water partition coefficient (Wildman–Crippen LogP) is 2.96. The third-order valence-electron chi connectivity index (χ3n) is 2.07. The third kappa shape index (κ3) is 2.48. The van der Waals surface area contributed by atoms with E-state index >= 15 is 0 Å². The summed E-state index contributed by atoms with van der Waals surface area (Å²) in [5.41, 5.74) is -1.30. The summed E-state index contributed by atoms with van der Waals surface area (Å²) in [5.74, 6) is -0.0963. The van der Waals surface area contributed by atoms with Crippen LogP contribution in [0.4, 0.5) is 0 Å². The first-order valence-electron chi connectivity index (χ1n) is 4.58. The molecule has 0 aliphatic heterocycles. The number of hydrogen-bond donors (Lipinski definition) is 1. The maximum atomic E-state index is 11.8. The number of hydrogen-bond acceptors (Lipinski definition) is 3. The molecule has 0 aromatic heterocycles. The largest absolute Gasteiger partial charge is 0.495 e. The van der Waals surface area contributed by atoms with Gasteiger partial charge in [-0.1, -0.05) is 23.2 Å². The Hall–Kier alpha value is -0.770. The molecule has 0 saturated carbocycles. The van der Waals surface area contributed by atoms with E-state index in [4.69, 9.17) is 27.9 Å². The van der Waals surface area contributed by atoms with Gasteiger partial charge in [0.25, 0.3) is 0 Å². The zero-order chi connectivity index (χ0) is 12.5. The number of ketones is 1. The molecule has 0 fully saturated rings. The average Bonchev–Trinajstić information content (AvgIpc) is 2.20. The van der Waals surface area contributed by atoms with Crippen LogP contribution in [0.3, 0.4) is 0 Å². The van der Waals surface area contributed by atoms with E-state index in [0.717, 1.165) is 0 Å². The molecule has 1 aromatic rings. The Bertz CT molecular complexity index is 422. The minimum atomic E-state index is -1.48. The molecule has 1 rings (SSSR count). The average molecular weight is 263 g/mol. The number of aliphatic hydroxyl groups is 1. The lowest BCUT2D eigenvalue weighted by atomic mass is 9.97. The molecule has 1 N–H and O–H groups in total. The number of halogens is 2. The van der Waals surface area contributed by atoms with E-state index in [1.165, 1.54) is 33.1 Å². The predicted molar refractivity (Wildman–Crippen MR) is 63.6 cm³/mol. The van der Waals surface area contributed by atoms with Gasteiger partial charge in [-0.15, -0.1) is 0 Å². The van der Waals surface area contributed by atoms with Gasteiger partial charge in [-0.05, 0) is 26.0 Å². The molecule has 0 heterocycles. The van der Waals surface area contributed by atoms with E-state index < -0.39 is 11.4 Å². The molecular formula is C11H12Cl2O3. The number of methoxy groups -OCH3 is 1. The van der Waals surface area contributed by atoms with Gasteiger partial charge < -0.3 is 9.84 Å². The molecule has 0 aliphatic rings. The van der Waals surface area contributed by atoms with Gasteiger partial charge in [-0.3, -0.25) is 4.79 Å². The van der Waals surface area contributed by atoms with Crippen molar-refractivity contribution in [3.05, 3.63) is 27.7 Å². The normalized spacial score (nSPS) is 11.4. The number of carbonyl (C=O) groups excluding carboxylic acids is 1. The summed E-state index contributed by atoms with van der Waals surface area (Å²) in [6.45, 7) is 2.79. The van der Waals surface area contributed by atoms with E-state index in [2.05, 4.69) is 0 Å². The Kier molecular flexibility index (Phi) is 3.84. The van der Waals surface area contributed by atoms with Crippen LogP contribution in [-0.4, -0.2) is 23.6 Å². The van der Waals surface area contributed by atoms with Crippen LogP contribution in [-0.2, 0) is 0 Å². The summed E-state index contributed by atoms with van der Waals surface area (Å²) in [6, 6.07) is 3.01. The van der Waals surface area contributed by atoms with Gasteiger partial charge >= 0.3 is 0 Å². The monoisotopic (exact) mass is 262 g/mol. The van der Waals surface area contributed by atoms with Crippen LogP contribution in [0, 0.1) is 0 Å². The topological polar surface area (TPSA) is 46.5 Å². The van der Waals surface area contributed by atoms with E-state index in [1.807, 2.05) is 0 Å². The van der Waals surface area contributed by atoms with Crippen molar-refractivity contribution in [1.82, 2.24) is 0 Å². The van der Waals surface area contributed by atoms with E-state index in [0.29, 0.717) is 5.75 Å². The van der Waals surface area contributed by atoms with E-state index in [1.54, 1.807) is 0 Å². The van der Waals surface area contributed by atoms with E-state index in [9.17, 15) is 9.90 Å². The first-order chi connectivity index (χ1) is 7.29. The smallest absolute Gasteiger partial charge is 0.195 e. The second-order valence-corrected chi connectivity index (χ2v) is 4.59. The summed E-state index contributed by atoms with van der Waals surface area (Å²) in [4.78, 5) is 11.8. The zero-order valence-corrected chi connectivity index (χ0v) is 10.7. The maximum Gasteiger partial charge on any atom is 0.195 e. The molecule has 88 valence electrons. The maximum absolute atomic E-state index is 11.8. The Morgan fingerprint density at radius 2 is 1.88 bits per heavy atom. The molecule has 0 spiro atoms. The van der Waals surface area contributed by atoms with E-state index in [-0.39, 0.29) is 15.6 Å². The van der Waals surface area contributed by atoms with Crippen LogP contribution in [0.15, 0.2) is 12.1 Å². The van der Waals surface area contributed by atoms with Crippen LogP contribution in [0.2, 0.25) is 10.0 Å². The summed E-state index contributed by atoms with van der Waals surface area (Å²) < 4.78 is 4.96. The molecule has 0 unspecified atom stereocenters. The van der Waals surface area contributed by atoms with Gasteiger partial charge in [0.1, 0.15) is 16.4 Å². The zero-order valence-electron chi connectivity index (χ0n) is 9.17. The second-order valence-electron chi connectivity index (χ2n) is 3.83. The first-order valence-corrected chi connectivity index (χ1v) is 5.33. The molecule has 0 aliphatic carbocycles. The van der Waals surface area contributed by atoms with Crippen molar-refractivity contribution in [3.8, 4) is 5.75 Å². The van der Waals surface area contributed by atoms with Crippen molar-refractivity contribution in [2.24, 2.45) is 0 Å². The van der Waals surface area contributed by atoms with Crippen LogP contribution in [0.1, 0.15) is 24.2 Å². The number of ether oxygens (including phenoxy) is 1. The van der Waals surface area contributed by atoms with Crippen LogP contribution in [0.25, 0.3) is 0 Å². The summed E-state index contributed by atoms with van der Waals surface area (Å²) in [7, 11) is 1.45. The molecule has 0 radical (unpaired) electrons. The van der Waals surface area contributed by atoms with Gasteiger partial charge in [0.05, 0.1) is 12.1 Å². The third-order valence-corrected chi connectivity index (χ3v) is 2.93. The van der Waals surface area contributed by atoms with Gasteiger partial charge in [0, 0.05) is 5.56 Å². The number of carbonyl (C=O) groups is 1. The number of benzene rings is 1. The molecular weight excluding hydrogens is 251 g/mol. The fraction of sp³-hybridized carbons (Fsp3) is 0.364. The highest BCUT2D eigenvalue weighted by atomic mass is 35.5. The highest BCUT2D eigenvalue weighted by Gasteiger charge is 2.28. The molecule has 0 saturated heterocycles. The SMILES string of the molecule is COc1ccc(C(=O)C(C)(C)O)c(Cl)c1Cl. The Labute approximate surface area is 104 Å². The number of Topliss-reactive ketones (excluding diaryl/α,β-unsaturated/α-hetero) is 1. The summed E-state index contributed by atoms with van der Waals surface area (Å²) in [6.07, 6.45) is 0. The van der Waals surface area contributed by atoms with Crippen molar-refractivity contribution in [2.45, 2.75) is 19.4 Å². The van der Waals surface area contributed by atoms with Crippen molar-refractivity contribution < 1.29 is 14.6 Å². The molecule has 1 aromatic carbocycles. The minimum Gasteiger partial charge on any atom is -0.495 e. The quantitative estimate of drug-likeness (QED) is 0.853. The highest BCUT2D eigenvalue weighted by molar-refractivity contribution is 6.45. The minimum absolute atomic E-state index is 0.0909. The lowest BCUT2D eigenvalue weighted by molar-refractivity contribution is 0.0488. The van der Waals surface area contributed by atoms with Crippen molar-refractivity contribution in [2.75, 3.05) is 7.11 Å². The Morgan fingerprint density at radius 1 is 1.31 bits per heavy atom. The molecule has 0 bridgehead atoms. The summed E-state index contributed by atoms with van der Waals surface area (Å²) >= 11 is 11.8. The fourth-order valence-corrected chi connectivity index (χ4v) is 1.68. The standard InChI is InChI=1S/C11H12Cl2O3/c1-11(2,15)10(14)6-4-5-7(16-3)9(13)8(6)12/h4-5,15H,1-3H3. The summed E-state index contributed by atoms with van der Waals surface area (Å²) in [5, 5.41) is 9.86. The lowest BCUT2D eigenvalue weighted by Crippen LogP contribution is -2.31. The van der Waals surface area contributed by atoms with Crippen molar-refractivity contribution >= 4 is 29.0 Å². The Morgan fingerprint density at radius 3 is 2.31 bits per heavy atom. The van der Waals surface area contributed by atoms with Crippen LogP contribution >= 0.6 is 23.2 Å². The van der Waals surface area contributed by atoms with Crippen LogP contribution in [0.5, 0.6) is 5.75 Å². The first kappa shape index (κ1) is 13.3. The van der Waals surface area contributed by atoms with Gasteiger partial charge in [-0.2, -0.15) is 0 Å². The fourth-order valence-electron chi connectivity index (χ4n) is 1.19. The van der Waals surface area contributed by atoms with Crippen molar-refractivity contribution in [1.29, 1.82) is 0 Å². The molecule has 0 amide bonds. The second kappa shape index (κ2) is 4.62. The highest BCUT2D eigenvalue weighted by Crippen LogP contribution is 2.35. The molecule has 0 atom stereocenters. The molecule has 5 heteroatoms. The lowest BCUT2D eigenvalue weighted by Gasteiger charge is -2.17. The van der Waals surface area contributed by atoms with Gasteiger partial charge in [0.2, 0.25) is 0 Å². The Balaban J connectivity index is 3.28. The van der Waals surface area contributed by atoms with Crippen LogP contribution < -0.4 is 4.74 Å². The molecule has 16 heavy (non-hydrogen) atoms. The van der Waals surface area contributed by atoms with Gasteiger partial charge in [0.15, 0.2) is 5.78 Å². The van der Waals surface area contributed by atoms with Crippen molar-refractivity contribution in [3.63, 3.8) is 0 Å². The van der Waals surface area contributed by atoms with Gasteiger partial charge in [-0.25, -0.2) is 0 Å². The molecule has 3 nitrogen and oxygen atoms in total. The number of rotatable bonds is 3.